The van der Waals surface area contributed by atoms with Gasteiger partial charge in [-0.3, -0.25) is 9.69 Å². The van der Waals surface area contributed by atoms with Crippen molar-refractivity contribution in [1.82, 2.24) is 15.5 Å². The van der Waals surface area contributed by atoms with Crippen molar-refractivity contribution in [3.8, 4) is 0 Å². The molecule has 4 nitrogen and oxygen atoms in total. The molecule has 3 rings (SSSR count). The van der Waals surface area contributed by atoms with Crippen molar-refractivity contribution < 1.29 is 4.79 Å². The highest BCUT2D eigenvalue weighted by atomic mass is 16.1. The first kappa shape index (κ1) is 18.4. The fourth-order valence-corrected chi connectivity index (χ4v) is 4.04. The number of nitrogens with zero attached hydrogens (tertiary/aromatic N) is 1. The summed E-state index contributed by atoms with van der Waals surface area (Å²) in [7, 11) is 0. The Morgan fingerprint density at radius 2 is 2.04 bits per heavy atom. The smallest absolute Gasteiger partial charge is 0.220 e. The van der Waals surface area contributed by atoms with Crippen LogP contribution in [0.2, 0.25) is 0 Å². The maximum absolute atomic E-state index is 12.0. The number of piperidine rings is 1. The number of benzene rings is 1. The van der Waals surface area contributed by atoms with Gasteiger partial charge in [0.25, 0.3) is 0 Å². The van der Waals surface area contributed by atoms with Gasteiger partial charge in [0.15, 0.2) is 0 Å². The number of carbonyl (C=O) groups excluding carboxylic acids is 1. The summed E-state index contributed by atoms with van der Waals surface area (Å²) in [5.41, 5.74) is 2.56. The van der Waals surface area contributed by atoms with Gasteiger partial charge in [0.2, 0.25) is 5.91 Å². The van der Waals surface area contributed by atoms with E-state index in [1.54, 1.807) is 0 Å². The molecule has 2 fully saturated rings. The number of rotatable bonds is 7. The van der Waals surface area contributed by atoms with Crippen LogP contribution in [0.1, 0.15) is 50.2 Å². The van der Waals surface area contributed by atoms with Gasteiger partial charge in [0.1, 0.15) is 0 Å². The summed E-state index contributed by atoms with van der Waals surface area (Å²) in [6.07, 6.45) is 5.56. The molecule has 1 amide bonds. The highest BCUT2D eigenvalue weighted by Gasteiger charge is 2.17. The van der Waals surface area contributed by atoms with Crippen LogP contribution in [0, 0.1) is 11.8 Å². The van der Waals surface area contributed by atoms with E-state index in [-0.39, 0.29) is 5.91 Å². The molecule has 0 spiro atoms. The number of amides is 1. The molecule has 0 saturated carbocycles. The number of nitrogens with one attached hydrogen (secondary N) is 2. The van der Waals surface area contributed by atoms with E-state index in [9.17, 15) is 4.79 Å². The van der Waals surface area contributed by atoms with Crippen molar-refractivity contribution in [1.29, 1.82) is 0 Å². The van der Waals surface area contributed by atoms with Gasteiger partial charge in [-0.1, -0.05) is 31.2 Å². The van der Waals surface area contributed by atoms with Crippen molar-refractivity contribution >= 4 is 5.91 Å². The van der Waals surface area contributed by atoms with Crippen LogP contribution in [-0.4, -0.2) is 37.0 Å². The minimum absolute atomic E-state index is 0.179. The third-order valence-electron chi connectivity index (χ3n) is 5.60. The van der Waals surface area contributed by atoms with E-state index < -0.39 is 0 Å². The molecular weight excluding hydrogens is 310 g/mol. The topological polar surface area (TPSA) is 44.4 Å². The van der Waals surface area contributed by atoms with Crippen molar-refractivity contribution in [2.24, 2.45) is 11.8 Å². The summed E-state index contributed by atoms with van der Waals surface area (Å²) in [6, 6.07) is 8.74. The monoisotopic (exact) mass is 343 g/mol. The highest BCUT2D eigenvalue weighted by Crippen LogP contribution is 2.18. The Bertz CT molecular complexity index is 537. The quantitative estimate of drug-likeness (QED) is 0.800. The molecule has 2 aliphatic rings. The lowest BCUT2D eigenvalue weighted by atomic mass is 9.99. The first-order valence-corrected chi connectivity index (χ1v) is 9.96. The van der Waals surface area contributed by atoms with Crippen LogP contribution in [-0.2, 0) is 17.9 Å². The van der Waals surface area contributed by atoms with Crippen LogP contribution in [0.15, 0.2) is 24.3 Å². The Balaban J connectivity index is 1.37. The Labute approximate surface area is 152 Å². The molecule has 0 aliphatic carbocycles. The zero-order chi connectivity index (χ0) is 17.5. The molecule has 4 heteroatoms. The molecule has 2 N–H and O–H groups in total. The molecule has 2 heterocycles. The number of hydrogen-bond acceptors (Lipinski definition) is 3. The number of likely N-dealkylation sites (tertiary alicyclic amines) is 1. The Kier molecular flexibility index (Phi) is 6.88. The molecule has 2 saturated heterocycles. The molecular formula is C21H33N3O. The summed E-state index contributed by atoms with van der Waals surface area (Å²) in [5, 5.41) is 6.42. The lowest BCUT2D eigenvalue weighted by Gasteiger charge is -2.30. The second-order valence-electron chi connectivity index (χ2n) is 7.97. The third-order valence-corrected chi connectivity index (χ3v) is 5.60. The first-order valence-electron chi connectivity index (χ1n) is 9.96. The molecule has 2 unspecified atom stereocenters. The van der Waals surface area contributed by atoms with Crippen LogP contribution in [0.4, 0.5) is 0 Å². The summed E-state index contributed by atoms with van der Waals surface area (Å²) in [4.78, 5) is 14.6. The standard InChI is InChI=1S/C21H33N3O/c1-17-3-2-12-24(15-17)16-20-6-4-18(5-7-20)14-23-21(25)9-8-19-10-11-22-13-19/h4-7,17,19,22H,2-3,8-16H2,1H3,(H,23,25). The second kappa shape index (κ2) is 9.35. The predicted octanol–water partition coefficient (Wildman–Crippen LogP) is 2.92. The SMILES string of the molecule is CC1CCCN(Cc2ccc(CNC(=O)CCC3CCNC3)cc2)C1. The average Bonchev–Trinajstić information content (AvgIpc) is 3.13. The summed E-state index contributed by atoms with van der Waals surface area (Å²) >= 11 is 0. The average molecular weight is 344 g/mol. The minimum Gasteiger partial charge on any atom is -0.352 e. The highest BCUT2D eigenvalue weighted by molar-refractivity contribution is 5.75. The van der Waals surface area contributed by atoms with Gasteiger partial charge in [-0.2, -0.15) is 0 Å². The molecule has 0 aromatic heterocycles. The van der Waals surface area contributed by atoms with Gasteiger partial charge in [-0.15, -0.1) is 0 Å². The summed E-state index contributed by atoms with van der Waals surface area (Å²) < 4.78 is 0. The molecule has 2 aliphatic heterocycles. The van der Waals surface area contributed by atoms with Gasteiger partial charge < -0.3 is 10.6 Å². The summed E-state index contributed by atoms with van der Waals surface area (Å²) in [5.74, 6) is 1.68. The van der Waals surface area contributed by atoms with Gasteiger partial charge in [0, 0.05) is 26.1 Å². The Hall–Kier alpha value is -1.39. The number of hydrogen-bond donors (Lipinski definition) is 2. The lowest BCUT2D eigenvalue weighted by molar-refractivity contribution is -0.121. The molecule has 2 atom stereocenters. The van der Waals surface area contributed by atoms with E-state index in [0.717, 1.165) is 32.0 Å². The van der Waals surface area contributed by atoms with Gasteiger partial charge in [-0.05, 0) is 68.3 Å². The van der Waals surface area contributed by atoms with Crippen LogP contribution < -0.4 is 10.6 Å². The van der Waals surface area contributed by atoms with Crippen molar-refractivity contribution in [2.45, 2.75) is 52.1 Å². The maximum atomic E-state index is 12.0. The minimum atomic E-state index is 0.179. The fourth-order valence-electron chi connectivity index (χ4n) is 4.04. The summed E-state index contributed by atoms with van der Waals surface area (Å²) in [6.45, 7) is 8.66. The van der Waals surface area contributed by atoms with E-state index in [4.69, 9.17) is 0 Å². The predicted molar refractivity (Wildman–Crippen MR) is 102 cm³/mol. The molecule has 138 valence electrons. The molecule has 0 radical (unpaired) electrons. The van der Waals surface area contributed by atoms with Gasteiger partial charge in [0.05, 0.1) is 0 Å². The third kappa shape index (κ3) is 6.12. The van der Waals surface area contributed by atoms with Crippen molar-refractivity contribution in [3.63, 3.8) is 0 Å². The van der Waals surface area contributed by atoms with Gasteiger partial charge in [-0.25, -0.2) is 0 Å². The van der Waals surface area contributed by atoms with Crippen LogP contribution in [0.3, 0.4) is 0 Å². The first-order chi connectivity index (χ1) is 12.2. The normalized spacial score (nSPS) is 24.4. The van der Waals surface area contributed by atoms with E-state index in [1.807, 2.05) is 0 Å². The van der Waals surface area contributed by atoms with Crippen molar-refractivity contribution in [2.75, 3.05) is 26.2 Å². The molecule has 1 aromatic carbocycles. The van der Waals surface area contributed by atoms with E-state index in [1.165, 1.54) is 43.5 Å². The van der Waals surface area contributed by atoms with Gasteiger partial charge >= 0.3 is 0 Å². The molecule has 0 bridgehead atoms. The van der Waals surface area contributed by atoms with E-state index >= 15 is 0 Å². The zero-order valence-electron chi connectivity index (χ0n) is 15.6. The Morgan fingerprint density at radius 3 is 2.76 bits per heavy atom. The van der Waals surface area contributed by atoms with E-state index in [2.05, 4.69) is 46.7 Å². The Morgan fingerprint density at radius 1 is 1.24 bits per heavy atom. The molecule has 1 aromatic rings. The maximum Gasteiger partial charge on any atom is 0.220 e. The van der Waals surface area contributed by atoms with E-state index in [0.29, 0.717) is 18.9 Å². The second-order valence-corrected chi connectivity index (χ2v) is 7.97. The van der Waals surface area contributed by atoms with Crippen molar-refractivity contribution in [3.05, 3.63) is 35.4 Å². The largest absolute Gasteiger partial charge is 0.352 e. The van der Waals surface area contributed by atoms with Crippen LogP contribution >= 0.6 is 0 Å². The zero-order valence-corrected chi connectivity index (χ0v) is 15.6. The van der Waals surface area contributed by atoms with Crippen LogP contribution in [0.25, 0.3) is 0 Å². The number of carbonyl (C=O) groups is 1. The van der Waals surface area contributed by atoms with Crippen LogP contribution in [0.5, 0.6) is 0 Å². The molecule has 25 heavy (non-hydrogen) atoms. The lowest BCUT2D eigenvalue weighted by Crippen LogP contribution is -2.33. The fraction of sp³-hybridized carbons (Fsp3) is 0.667.